The molecule has 0 radical (unpaired) electrons. The van der Waals surface area contributed by atoms with Gasteiger partial charge < -0.3 is 5.32 Å². The first-order valence-corrected chi connectivity index (χ1v) is 12.9. The number of pyridine rings is 2. The number of benzene rings is 1. The van der Waals surface area contributed by atoms with Gasteiger partial charge in [-0.05, 0) is 48.7 Å². The van der Waals surface area contributed by atoms with Gasteiger partial charge in [0.1, 0.15) is 17.6 Å². The quantitative estimate of drug-likeness (QED) is 0.446. The number of aromatic nitrogens is 2. The van der Waals surface area contributed by atoms with Crippen LogP contribution in [0.3, 0.4) is 0 Å². The molecule has 7 nitrogen and oxygen atoms in total. The van der Waals surface area contributed by atoms with Gasteiger partial charge in [0.25, 0.3) is 0 Å². The summed E-state index contributed by atoms with van der Waals surface area (Å²) in [5.74, 6) is -1.20. The van der Waals surface area contributed by atoms with E-state index in [1.54, 1.807) is 0 Å². The van der Waals surface area contributed by atoms with Crippen LogP contribution in [0.2, 0.25) is 5.02 Å². The Morgan fingerprint density at radius 1 is 1.14 bits per heavy atom. The maximum Gasteiger partial charge on any atom is 0.433 e. The average Bonchev–Trinajstić information content (AvgIpc) is 3.26. The predicted octanol–water partition coefficient (Wildman–Crippen LogP) is 4.67. The van der Waals surface area contributed by atoms with Crippen molar-refractivity contribution in [3.63, 3.8) is 0 Å². The van der Waals surface area contributed by atoms with E-state index in [-0.39, 0.29) is 28.9 Å². The molecule has 37 heavy (non-hydrogen) atoms. The lowest BCUT2D eigenvalue weighted by Crippen LogP contribution is -2.45. The van der Waals surface area contributed by atoms with Crippen molar-refractivity contribution < 1.29 is 30.8 Å². The number of carbonyl (C=O) groups excluding carboxylic acids is 1. The summed E-state index contributed by atoms with van der Waals surface area (Å²) in [6, 6.07) is 6.99. The van der Waals surface area contributed by atoms with E-state index >= 15 is 0 Å². The van der Waals surface area contributed by atoms with Gasteiger partial charge in [-0.1, -0.05) is 24.6 Å². The average molecular weight is 557 g/mol. The smallest absolute Gasteiger partial charge is 0.349 e. The zero-order chi connectivity index (χ0) is 27.0. The van der Waals surface area contributed by atoms with E-state index in [1.165, 1.54) is 18.3 Å². The van der Waals surface area contributed by atoms with Crippen LogP contribution in [0.1, 0.15) is 24.7 Å². The molecule has 2 unspecified atom stereocenters. The minimum atomic E-state index is -4.58. The maximum absolute atomic E-state index is 13.3. The summed E-state index contributed by atoms with van der Waals surface area (Å²) in [6.07, 6.45) is -1.93. The van der Waals surface area contributed by atoms with Crippen molar-refractivity contribution in [3.8, 4) is 11.1 Å². The molecular weight excluding hydrogens is 536 g/mol. The van der Waals surface area contributed by atoms with Gasteiger partial charge in [-0.2, -0.15) is 17.5 Å². The van der Waals surface area contributed by atoms with Crippen LogP contribution >= 0.6 is 11.6 Å². The minimum Gasteiger partial charge on any atom is -0.349 e. The van der Waals surface area contributed by atoms with Crippen molar-refractivity contribution in [2.75, 3.05) is 6.54 Å². The van der Waals surface area contributed by atoms with E-state index < -0.39 is 39.7 Å². The molecule has 1 aromatic carbocycles. The van der Waals surface area contributed by atoms with Gasteiger partial charge in [-0.3, -0.25) is 14.8 Å². The van der Waals surface area contributed by atoms with E-state index in [2.05, 4.69) is 15.3 Å². The van der Waals surface area contributed by atoms with Crippen LogP contribution < -0.4 is 5.32 Å². The topological polar surface area (TPSA) is 92.3 Å². The molecule has 3 aromatic rings. The first kappa shape index (κ1) is 27.0. The Kier molecular flexibility index (Phi) is 7.54. The Bertz CT molecular complexity index is 1400. The fraction of sp³-hybridized carbons (Fsp3) is 0.292. The number of rotatable bonds is 6. The summed E-state index contributed by atoms with van der Waals surface area (Å²) < 4.78 is 79.1. The van der Waals surface area contributed by atoms with E-state index in [9.17, 15) is 30.8 Å². The van der Waals surface area contributed by atoms with Crippen molar-refractivity contribution >= 4 is 27.5 Å². The zero-order valence-corrected chi connectivity index (χ0v) is 20.9. The SMILES string of the molecule is CC1CC(C(=O)NCc2cc(-c3ccc(C(F)(F)F)nc3)c(Cl)cn2)N(S(=O)(=O)c2ccc(F)cc2)C1. The summed E-state index contributed by atoms with van der Waals surface area (Å²) in [6.45, 7) is 1.88. The normalized spacial score (nSPS) is 18.6. The first-order chi connectivity index (χ1) is 17.4. The van der Waals surface area contributed by atoms with Gasteiger partial charge in [-0.25, -0.2) is 12.8 Å². The molecule has 1 aliphatic heterocycles. The molecule has 0 saturated carbocycles. The number of amides is 1. The molecule has 0 aliphatic carbocycles. The third-order valence-corrected chi connectivity index (χ3v) is 8.10. The van der Waals surface area contributed by atoms with Gasteiger partial charge in [0, 0.05) is 30.1 Å². The number of alkyl halides is 3. The van der Waals surface area contributed by atoms with Gasteiger partial charge in [0.15, 0.2) is 0 Å². The third-order valence-electron chi connectivity index (χ3n) is 5.91. The van der Waals surface area contributed by atoms with Crippen LogP contribution in [-0.2, 0) is 27.5 Å². The van der Waals surface area contributed by atoms with Gasteiger partial charge in [0.05, 0.1) is 22.2 Å². The molecule has 1 saturated heterocycles. The van der Waals surface area contributed by atoms with Crippen LogP contribution in [-0.4, -0.2) is 41.2 Å². The Morgan fingerprint density at radius 3 is 2.46 bits per heavy atom. The number of hydrogen-bond acceptors (Lipinski definition) is 5. The highest BCUT2D eigenvalue weighted by Gasteiger charge is 2.42. The molecular formula is C24H21ClF4N4O3S. The fourth-order valence-electron chi connectivity index (χ4n) is 4.07. The largest absolute Gasteiger partial charge is 0.433 e. The molecule has 196 valence electrons. The van der Waals surface area contributed by atoms with Crippen LogP contribution in [0, 0.1) is 11.7 Å². The monoisotopic (exact) mass is 556 g/mol. The molecule has 2 aromatic heterocycles. The summed E-state index contributed by atoms with van der Waals surface area (Å²) in [5.41, 5.74) is 0.0118. The molecule has 0 spiro atoms. The summed E-state index contributed by atoms with van der Waals surface area (Å²) >= 11 is 6.18. The number of hydrogen-bond donors (Lipinski definition) is 1. The van der Waals surface area contributed by atoms with E-state index in [4.69, 9.17) is 11.6 Å². The molecule has 3 heterocycles. The van der Waals surface area contributed by atoms with Crippen molar-refractivity contribution in [1.29, 1.82) is 0 Å². The predicted molar refractivity (Wildman–Crippen MR) is 127 cm³/mol. The highest BCUT2D eigenvalue weighted by molar-refractivity contribution is 7.89. The van der Waals surface area contributed by atoms with Gasteiger partial charge in [0.2, 0.25) is 15.9 Å². The van der Waals surface area contributed by atoms with E-state index in [0.717, 1.165) is 40.8 Å². The number of nitrogens with one attached hydrogen (secondary N) is 1. The minimum absolute atomic E-state index is 0.0770. The van der Waals surface area contributed by atoms with Crippen LogP contribution in [0.15, 0.2) is 59.8 Å². The lowest BCUT2D eigenvalue weighted by molar-refractivity contribution is -0.141. The summed E-state index contributed by atoms with van der Waals surface area (Å²) in [7, 11) is -4.04. The molecule has 13 heteroatoms. The maximum atomic E-state index is 13.3. The van der Waals surface area contributed by atoms with Crippen molar-refractivity contribution in [1.82, 2.24) is 19.6 Å². The molecule has 1 fully saturated rings. The number of sulfonamides is 1. The van der Waals surface area contributed by atoms with Crippen LogP contribution in [0.4, 0.5) is 17.6 Å². The molecule has 1 N–H and O–H groups in total. The molecule has 2 atom stereocenters. The second-order valence-corrected chi connectivity index (χ2v) is 11.0. The Labute approximate surface area is 215 Å². The Morgan fingerprint density at radius 2 is 1.84 bits per heavy atom. The van der Waals surface area contributed by atoms with Gasteiger partial charge in [-0.15, -0.1) is 0 Å². The number of halogens is 5. The second kappa shape index (κ2) is 10.3. The number of carbonyl (C=O) groups is 1. The highest BCUT2D eigenvalue weighted by Crippen LogP contribution is 2.32. The van der Waals surface area contributed by atoms with Crippen LogP contribution in [0.25, 0.3) is 11.1 Å². The Hall–Kier alpha value is -3.09. The summed E-state index contributed by atoms with van der Waals surface area (Å²) in [5, 5.41) is 2.85. The zero-order valence-electron chi connectivity index (χ0n) is 19.3. The second-order valence-electron chi connectivity index (χ2n) is 8.69. The van der Waals surface area contributed by atoms with E-state index in [0.29, 0.717) is 23.2 Å². The standard InChI is InChI=1S/C24H21ClF4N4O3S/c1-14-8-21(33(13-14)37(35,36)18-5-3-16(26)4-6-18)23(34)32-11-17-9-19(20(25)12-30-17)15-2-7-22(31-10-15)24(27,28)29/h2-7,9-10,12,14,21H,8,11,13H2,1H3,(H,32,34). The lowest BCUT2D eigenvalue weighted by atomic mass is 10.1. The van der Waals surface area contributed by atoms with Crippen LogP contribution in [0.5, 0.6) is 0 Å². The highest BCUT2D eigenvalue weighted by atomic mass is 35.5. The van der Waals surface area contributed by atoms with Crippen molar-refractivity contribution in [2.45, 2.75) is 37.0 Å². The van der Waals surface area contributed by atoms with Gasteiger partial charge >= 0.3 is 6.18 Å². The summed E-state index contributed by atoms with van der Waals surface area (Å²) in [4.78, 5) is 20.5. The number of nitrogens with zero attached hydrogens (tertiary/aromatic N) is 3. The molecule has 4 rings (SSSR count). The molecule has 1 aliphatic rings. The van der Waals surface area contributed by atoms with Crippen molar-refractivity contribution in [3.05, 3.63) is 77.1 Å². The molecule has 0 bridgehead atoms. The lowest BCUT2D eigenvalue weighted by Gasteiger charge is -2.23. The Balaban J connectivity index is 1.50. The fourth-order valence-corrected chi connectivity index (χ4v) is 6.00. The third kappa shape index (κ3) is 5.91. The van der Waals surface area contributed by atoms with E-state index in [1.807, 2.05) is 6.92 Å². The van der Waals surface area contributed by atoms with Crippen molar-refractivity contribution in [2.24, 2.45) is 5.92 Å². The molecule has 1 amide bonds. The first-order valence-electron chi connectivity index (χ1n) is 11.1.